The first-order valence-corrected chi connectivity index (χ1v) is 40.9. The maximum Gasteiger partial charge on any atom is 0.490 e. The van der Waals surface area contributed by atoms with Crippen LogP contribution in [0.25, 0.3) is 0 Å². The summed E-state index contributed by atoms with van der Waals surface area (Å²) < 4.78 is 71.3. The molecule has 0 saturated carbocycles. The quantitative estimate of drug-likeness (QED) is 0.0187. The number of halogens is 1. The van der Waals surface area contributed by atoms with Crippen molar-refractivity contribution in [2.45, 2.75) is 151 Å². The fraction of sp³-hybridized carbons (Fsp3) is 0.426. The Morgan fingerprint density at radius 2 is 0.889 bits per heavy atom. The van der Waals surface area contributed by atoms with Crippen molar-refractivity contribution in [1.82, 2.24) is 51.5 Å². The number of ketones is 1. The van der Waals surface area contributed by atoms with Gasteiger partial charge in [-0.1, -0.05) is 124 Å². The summed E-state index contributed by atoms with van der Waals surface area (Å²) in [6.45, 7) is 2.30. The summed E-state index contributed by atoms with van der Waals surface area (Å²) in [6, 6.07) is 30.0. The van der Waals surface area contributed by atoms with E-state index in [-0.39, 0.29) is 53.6 Å². The molecule has 4 fully saturated rings. The van der Waals surface area contributed by atoms with Gasteiger partial charge in [0.1, 0.15) is 104 Å². The number of methoxy groups -OCH3 is 1. The SMILES string of the molecule is C.C.C=COC.CC(=O)CC#CC1=CN(C2OC(CO)C(O)C2O)C(=O)NC1N.NC1NC(=O)N(C2OC(CO)C(O)C2O)C=C1I.O=C1NC2NC=CC2=CN1C1OC(CO)C(O)C1O.O=C1NC2NC=CC2=CN1C1OC(COP(=O)(O)OP(=O)(O)OP(=O)(O)O)C(O)C1O.[Pd].c1ccc(P(c2ccccc2)c2ccccc2)cc1. The molecule has 0 radical (unpaired) electrons. The van der Waals surface area contributed by atoms with Crippen LogP contribution in [0.5, 0.6) is 0 Å². The number of phosphoric ester groups is 1. The van der Waals surface area contributed by atoms with Crippen molar-refractivity contribution >= 4 is 99.8 Å². The van der Waals surface area contributed by atoms with E-state index in [2.05, 4.69) is 159 Å². The number of carbonyl (C=O) groups excluding carboxylic acids is 5. The van der Waals surface area contributed by atoms with Crippen molar-refractivity contribution in [2.24, 2.45) is 11.5 Å². The summed E-state index contributed by atoms with van der Waals surface area (Å²) in [7, 11) is -15.6. The Bertz CT molecular complexity index is 4170. The van der Waals surface area contributed by atoms with Gasteiger partial charge in [-0.15, -0.1) is 0 Å². The van der Waals surface area contributed by atoms with Gasteiger partial charge in [0.05, 0.1) is 51.8 Å². The van der Waals surface area contributed by atoms with Crippen molar-refractivity contribution in [1.29, 1.82) is 0 Å². The van der Waals surface area contributed by atoms with E-state index >= 15 is 0 Å². The number of hydrogen-bond donors (Lipinski definition) is 23. The maximum absolute atomic E-state index is 12.2. The van der Waals surface area contributed by atoms with Crippen LogP contribution in [0.1, 0.15) is 28.2 Å². The molecule has 8 amide bonds. The van der Waals surface area contributed by atoms with Gasteiger partial charge in [-0.2, -0.15) is 8.62 Å². The Hall–Kier alpha value is -6.90. The molecule has 13 rings (SSSR count). The van der Waals surface area contributed by atoms with E-state index in [1.807, 2.05) is 22.6 Å². The van der Waals surface area contributed by atoms with Gasteiger partial charge in [0.25, 0.3) is 0 Å². The average Bonchev–Trinajstić information content (AvgIpc) is 1.64. The normalized spacial score (nSPS) is 30.5. The van der Waals surface area contributed by atoms with Crippen molar-refractivity contribution in [2.75, 3.05) is 33.5 Å². The second-order valence-corrected chi connectivity index (χ2v) is 33.0. The minimum atomic E-state index is -5.71. The molecule has 49 heteroatoms. The number of amides is 8. The Morgan fingerprint density at radius 1 is 0.547 bits per heavy atom. The molecule has 22 atom stereocenters. The number of benzene rings is 3. The summed E-state index contributed by atoms with van der Waals surface area (Å²) in [5, 5.41) is 126. The van der Waals surface area contributed by atoms with Crippen LogP contribution in [0.4, 0.5) is 19.2 Å². The van der Waals surface area contributed by atoms with E-state index in [9.17, 15) is 83.4 Å². The monoisotopic (exact) mass is 1930 g/mol. The van der Waals surface area contributed by atoms with Gasteiger partial charge in [-0.25, -0.2) is 32.9 Å². The Morgan fingerprint density at radius 3 is 1.24 bits per heavy atom. The number of carbonyl (C=O) groups is 5. The van der Waals surface area contributed by atoms with Crippen LogP contribution < -0.4 is 59.3 Å². The van der Waals surface area contributed by atoms with E-state index < -0.39 is 199 Å². The summed E-state index contributed by atoms with van der Waals surface area (Å²) in [4.78, 5) is 98.6. The molecule has 0 spiro atoms. The number of nitrogens with one attached hydrogen (secondary N) is 6. The van der Waals surface area contributed by atoms with Gasteiger partial charge in [0.15, 0.2) is 24.9 Å². The molecule has 117 heavy (non-hydrogen) atoms. The summed E-state index contributed by atoms with van der Waals surface area (Å²) >= 11 is 1.95. The second-order valence-electron chi connectivity index (χ2n) is 25.1. The summed E-state index contributed by atoms with van der Waals surface area (Å²) in [5.41, 5.74) is 13.1. The van der Waals surface area contributed by atoms with E-state index in [0.29, 0.717) is 14.7 Å². The van der Waals surface area contributed by atoms with Crippen LogP contribution in [0, 0.1) is 11.8 Å². The number of hydrogen-bond acceptors (Lipinski definition) is 31. The topological polar surface area (TPSA) is 651 Å². The number of Topliss-reactive ketones (excluding diaryl/α,β-unsaturated/α-hetero) is 1. The van der Waals surface area contributed by atoms with E-state index in [0.717, 1.165) is 20.3 Å². The molecule has 25 N–H and O–H groups in total. The van der Waals surface area contributed by atoms with Gasteiger partial charge in [0.2, 0.25) is 0 Å². The number of ether oxygens (including phenoxy) is 5. The van der Waals surface area contributed by atoms with Crippen LogP contribution >= 0.6 is 54.0 Å². The van der Waals surface area contributed by atoms with E-state index in [1.54, 1.807) is 37.9 Å². The van der Waals surface area contributed by atoms with Gasteiger partial charge in [-0.05, 0) is 77.9 Å². The predicted molar refractivity (Wildman–Crippen MR) is 419 cm³/mol. The zero-order valence-electron chi connectivity index (χ0n) is 60.3. The first kappa shape index (κ1) is 101. The van der Waals surface area contributed by atoms with Gasteiger partial charge in [-0.3, -0.25) is 28.9 Å². The first-order valence-electron chi connectivity index (χ1n) is 33.9. The molecule has 0 aliphatic carbocycles. The molecule has 10 aliphatic heterocycles. The predicted octanol–water partition coefficient (Wildman–Crippen LogP) is -2.99. The standard InChI is InChI=1S/C18H15P.C14H19N3O6.C11H18N3O14P3.C11H15N3O5.C9H14IN3O5.C3H6O.2CH4.Pd/c1-4-10-16(11-5-1)19(17-12-6-2-7-13-17)18-14-8-3-9-15-18;1-7(19)3-2-4-8-5-17(14(22)16-12(8)15)13-11(21)10(20)9(6-18)23-13;15-7-6(4-25-30(21,22)28-31(23,24)27-29(18,19)20)26-10(8(7)16)14-3-5-1-2-12-9(5)13-11(14)17;15-4-6-7(16)8(17)10(19-6)14-3-5-1-2-12-9(5)13-11(14)18;10-3-1-13(9(17)12-7(3)11)8-6(16)5(15)4(2-14)18-8;1-3-4-2;;;/h1-15H;5,9-13,18,20-21H,3,6,15H2,1H3,(H,16,22);1-3,6-10,12,15-16H,4H2,(H,13,17)(H,21,22)(H,23,24)(H2,18,19,20);1-3,6-10,12,15-17H,4H2,(H,13,18);1,4-8,14-16H,2,11H2,(H,12,17);3H,1H2,2H3;2*1H4;. The number of fused-ring (bicyclic) bond motifs is 2. The number of urea groups is 4. The van der Waals surface area contributed by atoms with Crippen molar-refractivity contribution in [3.63, 3.8) is 0 Å². The molecule has 22 unspecified atom stereocenters. The molecule has 4 saturated heterocycles. The Labute approximate surface area is 699 Å². The molecule has 10 heterocycles. The summed E-state index contributed by atoms with van der Waals surface area (Å²) in [5.74, 6) is 5.22. The molecular weight excluding hydrogens is 1840 g/mol. The molecule has 3 aromatic carbocycles. The molecule has 0 aromatic heterocycles. The van der Waals surface area contributed by atoms with Crippen LogP contribution in [0.3, 0.4) is 0 Å². The summed E-state index contributed by atoms with van der Waals surface area (Å²) in [6.07, 6.45) is -8.54. The molecule has 3 aromatic rings. The molecule has 650 valence electrons. The number of nitrogens with zero attached hydrogens (tertiary/aromatic N) is 4. The Balaban J connectivity index is 0.000000259. The zero-order valence-corrected chi connectivity index (χ0v) is 67.6. The van der Waals surface area contributed by atoms with Crippen LogP contribution in [0.15, 0.2) is 173 Å². The zero-order chi connectivity index (χ0) is 83.7. The fourth-order valence-electron chi connectivity index (χ4n) is 11.5. The third kappa shape index (κ3) is 26.8. The smallest absolute Gasteiger partial charge is 0.490 e. The number of aliphatic hydroxyl groups excluding tert-OH is 11. The number of aliphatic hydroxyl groups is 11. The van der Waals surface area contributed by atoms with Crippen LogP contribution in [0.2, 0.25) is 0 Å². The number of rotatable bonds is 19. The second kappa shape index (κ2) is 45.7. The largest absolute Gasteiger partial charge is 0.505 e. The fourth-order valence-corrected chi connectivity index (χ4v) is 17.3. The first-order chi connectivity index (χ1) is 53.9. The van der Waals surface area contributed by atoms with Crippen LogP contribution in [-0.4, -0.2) is 282 Å². The van der Waals surface area contributed by atoms with Gasteiger partial charge >= 0.3 is 47.6 Å². The van der Waals surface area contributed by atoms with Crippen LogP contribution in [-0.2, 0) is 75.7 Å². The molecule has 0 bridgehead atoms. The number of nitrogens with two attached hydrogens (primary N) is 2. The third-order valence-electron chi connectivity index (χ3n) is 17.1. The van der Waals surface area contributed by atoms with Crippen molar-refractivity contribution in [3.8, 4) is 11.8 Å². The molecule has 43 nitrogen and oxygen atoms in total. The third-order valence-corrected chi connectivity index (χ3v) is 24.3. The number of phosphoric acid groups is 3. The minimum Gasteiger partial charge on any atom is -0.505 e. The van der Waals surface area contributed by atoms with Gasteiger partial charge in [0, 0.05) is 59.9 Å². The average molecular weight is 1930 g/mol. The van der Waals surface area contributed by atoms with E-state index in [4.69, 9.17) is 60.4 Å². The molecule has 10 aliphatic rings. The van der Waals surface area contributed by atoms with E-state index in [1.165, 1.54) is 52.6 Å². The van der Waals surface area contributed by atoms with Gasteiger partial charge < -0.3 is 143 Å². The van der Waals surface area contributed by atoms with Crippen molar-refractivity contribution < 1.29 is 171 Å². The van der Waals surface area contributed by atoms with Crippen molar-refractivity contribution in [3.05, 3.63) is 173 Å². The minimum absolute atomic E-state index is 0. The maximum atomic E-state index is 12.2. The molecular formula is C68H95IN12O31P4Pd. The Kier molecular flexibility index (Phi) is 39.3.